The monoisotopic (exact) mass is 305 g/mol. The first kappa shape index (κ1) is 13.5. The fourth-order valence-electron chi connectivity index (χ4n) is 4.07. The van der Waals surface area contributed by atoms with Crippen LogP contribution in [0.2, 0.25) is 0 Å². The number of nitrogens with zero attached hydrogens (tertiary/aromatic N) is 5. The Bertz CT molecular complexity index is 636. The fraction of sp³-hybridized carbons (Fsp3) is 0.733. The van der Waals surface area contributed by atoms with Crippen LogP contribution in [0.15, 0.2) is 0 Å². The molecule has 0 bridgehead atoms. The summed E-state index contributed by atoms with van der Waals surface area (Å²) >= 11 is 1.81. The van der Waals surface area contributed by atoms with Gasteiger partial charge in [0.15, 0.2) is 10.8 Å². The number of hydrogen-bond donors (Lipinski definition) is 0. The van der Waals surface area contributed by atoms with Crippen LogP contribution in [-0.4, -0.2) is 52.9 Å². The summed E-state index contributed by atoms with van der Waals surface area (Å²) in [6.45, 7) is 6.89. The number of aryl methyl sites for hydroxylation is 2. The second-order valence-corrected chi connectivity index (χ2v) is 7.85. The van der Waals surface area contributed by atoms with Crippen molar-refractivity contribution in [2.75, 3.05) is 38.1 Å². The van der Waals surface area contributed by atoms with Crippen LogP contribution in [0.3, 0.4) is 0 Å². The van der Waals surface area contributed by atoms with Crippen molar-refractivity contribution < 1.29 is 0 Å². The van der Waals surface area contributed by atoms with Crippen molar-refractivity contribution in [3.05, 3.63) is 5.69 Å². The van der Waals surface area contributed by atoms with Gasteiger partial charge in [-0.3, -0.25) is 0 Å². The lowest BCUT2D eigenvalue weighted by Gasteiger charge is -2.40. The minimum absolute atomic E-state index is 0.498. The Kier molecular flexibility index (Phi) is 3.01. The molecule has 0 saturated carbocycles. The average molecular weight is 305 g/mol. The van der Waals surface area contributed by atoms with E-state index in [4.69, 9.17) is 4.98 Å². The Balaban J connectivity index is 1.64. The van der Waals surface area contributed by atoms with E-state index in [0.29, 0.717) is 5.41 Å². The molecule has 1 atom stereocenters. The third-order valence-corrected chi connectivity index (χ3v) is 6.31. The fourth-order valence-corrected chi connectivity index (χ4v) is 5.13. The highest BCUT2D eigenvalue weighted by atomic mass is 32.1. The molecular weight excluding hydrogens is 282 g/mol. The summed E-state index contributed by atoms with van der Waals surface area (Å²) in [5.41, 5.74) is 2.64. The normalized spacial score (nSPS) is 27.3. The van der Waals surface area contributed by atoms with Crippen molar-refractivity contribution in [1.82, 2.24) is 19.7 Å². The van der Waals surface area contributed by atoms with E-state index in [1.165, 1.54) is 48.7 Å². The largest absolute Gasteiger partial charge is 0.347 e. The smallest absolute Gasteiger partial charge is 0.188 e. The number of likely N-dealkylation sites (tertiary alicyclic amines) is 1. The Morgan fingerprint density at radius 3 is 2.71 bits per heavy atom. The second kappa shape index (κ2) is 4.68. The summed E-state index contributed by atoms with van der Waals surface area (Å²) in [5, 5.41) is 5.65. The lowest BCUT2D eigenvalue weighted by molar-refractivity contribution is 0.234. The number of hydrogen-bond acceptors (Lipinski definition) is 5. The van der Waals surface area contributed by atoms with Crippen molar-refractivity contribution in [2.24, 2.45) is 12.5 Å². The average Bonchev–Trinajstić information content (AvgIpc) is 3.09. The zero-order valence-corrected chi connectivity index (χ0v) is 13.9. The molecule has 1 spiro atoms. The maximum atomic E-state index is 4.86. The molecule has 4 rings (SSSR count). The molecule has 4 heterocycles. The van der Waals surface area contributed by atoms with Crippen molar-refractivity contribution in [1.29, 1.82) is 0 Å². The molecule has 2 aliphatic heterocycles. The number of aromatic nitrogens is 3. The summed E-state index contributed by atoms with van der Waals surface area (Å²) in [7, 11) is 4.24. The first-order valence-corrected chi connectivity index (χ1v) is 8.62. The van der Waals surface area contributed by atoms with Gasteiger partial charge in [0.1, 0.15) is 0 Å². The second-order valence-electron chi connectivity index (χ2n) is 6.87. The molecule has 0 aliphatic carbocycles. The summed E-state index contributed by atoms with van der Waals surface area (Å²) in [6.07, 6.45) is 4.01. The van der Waals surface area contributed by atoms with Crippen LogP contribution >= 0.6 is 11.3 Å². The van der Waals surface area contributed by atoms with Crippen molar-refractivity contribution >= 4 is 26.8 Å². The molecule has 5 nitrogen and oxygen atoms in total. The number of anilines is 1. The predicted molar refractivity (Wildman–Crippen MR) is 87.1 cm³/mol. The van der Waals surface area contributed by atoms with Crippen LogP contribution in [0.1, 0.15) is 25.0 Å². The quantitative estimate of drug-likeness (QED) is 0.810. The molecule has 6 heteroatoms. The molecular formula is C15H23N5S. The van der Waals surface area contributed by atoms with Crippen LogP contribution in [0, 0.1) is 12.3 Å². The third-order valence-electron chi connectivity index (χ3n) is 5.09. The molecule has 1 unspecified atom stereocenters. The Hall–Kier alpha value is -1.14. The predicted octanol–water partition coefficient (Wildman–Crippen LogP) is 2.26. The van der Waals surface area contributed by atoms with Crippen LogP contribution in [0.4, 0.5) is 5.13 Å². The molecule has 0 amide bonds. The number of fused-ring (bicyclic) bond motifs is 1. The van der Waals surface area contributed by atoms with E-state index in [9.17, 15) is 0 Å². The Morgan fingerprint density at radius 2 is 2.00 bits per heavy atom. The van der Waals surface area contributed by atoms with Gasteiger partial charge in [-0.25, -0.2) is 9.67 Å². The molecule has 2 aliphatic rings. The van der Waals surface area contributed by atoms with Gasteiger partial charge in [-0.15, -0.1) is 0 Å². The first-order valence-electron chi connectivity index (χ1n) is 7.80. The van der Waals surface area contributed by atoms with Gasteiger partial charge < -0.3 is 9.80 Å². The summed E-state index contributed by atoms with van der Waals surface area (Å²) in [5.74, 6) is 0. The molecule has 0 aromatic carbocycles. The highest BCUT2D eigenvalue weighted by Gasteiger charge is 2.40. The maximum absolute atomic E-state index is 4.86. The van der Waals surface area contributed by atoms with E-state index in [1.54, 1.807) is 0 Å². The van der Waals surface area contributed by atoms with Crippen LogP contribution < -0.4 is 4.90 Å². The minimum atomic E-state index is 0.498. The van der Waals surface area contributed by atoms with E-state index in [2.05, 4.69) is 28.9 Å². The standard InChI is InChI=1S/C15H23N5S/c1-11-12-13(19(3)17-11)16-14(21-12)20-7-4-5-15(10-20)6-8-18(2)9-15/h4-10H2,1-3H3. The molecule has 2 aromatic heterocycles. The van der Waals surface area contributed by atoms with Gasteiger partial charge in [-0.2, -0.15) is 5.10 Å². The number of rotatable bonds is 1. The van der Waals surface area contributed by atoms with Crippen molar-refractivity contribution in [3.8, 4) is 0 Å². The van der Waals surface area contributed by atoms with E-state index >= 15 is 0 Å². The third kappa shape index (κ3) is 2.16. The summed E-state index contributed by atoms with van der Waals surface area (Å²) in [4.78, 5) is 9.86. The molecule has 2 fully saturated rings. The molecule has 0 N–H and O–H groups in total. The van der Waals surface area contributed by atoms with Gasteiger partial charge in [0.2, 0.25) is 0 Å². The lowest BCUT2D eigenvalue weighted by Crippen LogP contribution is -2.44. The number of thiazole rings is 1. The van der Waals surface area contributed by atoms with Crippen molar-refractivity contribution in [3.63, 3.8) is 0 Å². The number of piperidine rings is 1. The van der Waals surface area contributed by atoms with E-state index in [1.807, 2.05) is 23.1 Å². The Labute approximate surface area is 129 Å². The molecule has 2 saturated heterocycles. The molecule has 2 aromatic rings. The molecule has 114 valence electrons. The van der Waals surface area contributed by atoms with Crippen LogP contribution in [0.5, 0.6) is 0 Å². The zero-order chi connectivity index (χ0) is 14.6. The van der Waals surface area contributed by atoms with E-state index < -0.39 is 0 Å². The van der Waals surface area contributed by atoms with Crippen LogP contribution in [0.25, 0.3) is 10.3 Å². The zero-order valence-electron chi connectivity index (χ0n) is 13.1. The summed E-state index contributed by atoms with van der Waals surface area (Å²) in [6, 6.07) is 0. The highest BCUT2D eigenvalue weighted by molar-refractivity contribution is 7.22. The summed E-state index contributed by atoms with van der Waals surface area (Å²) < 4.78 is 3.16. The maximum Gasteiger partial charge on any atom is 0.188 e. The van der Waals surface area contributed by atoms with Gasteiger partial charge in [-0.05, 0) is 39.8 Å². The Morgan fingerprint density at radius 1 is 1.14 bits per heavy atom. The highest BCUT2D eigenvalue weighted by Crippen LogP contribution is 2.41. The van der Waals surface area contributed by atoms with E-state index in [0.717, 1.165) is 17.9 Å². The van der Waals surface area contributed by atoms with Gasteiger partial charge in [-0.1, -0.05) is 11.3 Å². The van der Waals surface area contributed by atoms with Gasteiger partial charge in [0, 0.05) is 32.1 Å². The first-order chi connectivity index (χ1) is 10.1. The molecule has 21 heavy (non-hydrogen) atoms. The minimum Gasteiger partial charge on any atom is -0.347 e. The van der Waals surface area contributed by atoms with Crippen molar-refractivity contribution in [2.45, 2.75) is 26.2 Å². The van der Waals surface area contributed by atoms with Gasteiger partial charge >= 0.3 is 0 Å². The van der Waals surface area contributed by atoms with Crippen LogP contribution in [-0.2, 0) is 7.05 Å². The van der Waals surface area contributed by atoms with E-state index in [-0.39, 0.29) is 0 Å². The topological polar surface area (TPSA) is 37.2 Å². The molecule has 0 radical (unpaired) electrons. The SMILES string of the molecule is Cc1nn(C)c2nc(N3CCCC4(CCN(C)C4)C3)sc12. The van der Waals surface area contributed by atoms with Gasteiger partial charge in [0.05, 0.1) is 10.4 Å². The van der Waals surface area contributed by atoms with Gasteiger partial charge in [0.25, 0.3) is 0 Å². The lowest BCUT2D eigenvalue weighted by atomic mass is 9.79.